The minimum atomic E-state index is -1.50. The van der Waals surface area contributed by atoms with E-state index in [0.29, 0.717) is 13.1 Å². The quantitative estimate of drug-likeness (QED) is 0.558. The Kier molecular flexibility index (Phi) is 8.47. The van der Waals surface area contributed by atoms with E-state index in [1.165, 1.54) is 32.4 Å². The van der Waals surface area contributed by atoms with E-state index in [1.807, 2.05) is 0 Å². The molecule has 0 saturated carbocycles. The smallest absolute Gasteiger partial charge is 0.337 e. The molecule has 1 saturated heterocycles. The van der Waals surface area contributed by atoms with Gasteiger partial charge in [0.25, 0.3) is 0 Å². The lowest BCUT2D eigenvalue weighted by Gasteiger charge is -2.32. The average molecular weight is 369 g/mol. The second-order valence-corrected chi connectivity index (χ2v) is 19.1. The van der Waals surface area contributed by atoms with E-state index in [-0.39, 0.29) is 0 Å². The summed E-state index contributed by atoms with van der Waals surface area (Å²) < 4.78 is 6.58. The van der Waals surface area contributed by atoms with Gasteiger partial charge < -0.3 is 14.0 Å². The van der Waals surface area contributed by atoms with Crippen LogP contribution in [-0.2, 0) is 4.43 Å². The third kappa shape index (κ3) is 7.56. The summed E-state index contributed by atoms with van der Waals surface area (Å²) in [5, 5.41) is 1.69. The van der Waals surface area contributed by atoms with Crippen molar-refractivity contribution in [2.45, 2.75) is 78.0 Å². The number of nitrogens with zero attached hydrogens (tertiary/aromatic N) is 2. The molecule has 0 amide bonds. The molecule has 1 fully saturated rings. The molecular weight excluding hydrogens is 327 g/mol. The van der Waals surface area contributed by atoms with Crippen molar-refractivity contribution in [1.29, 1.82) is 0 Å². The molecule has 24 heavy (non-hydrogen) atoms. The van der Waals surface area contributed by atoms with Crippen LogP contribution >= 0.6 is 0 Å². The molecule has 0 radical (unpaired) electrons. The van der Waals surface area contributed by atoms with Crippen LogP contribution in [0.15, 0.2) is 11.2 Å². The van der Waals surface area contributed by atoms with Crippen molar-refractivity contribution in [2.24, 2.45) is 0 Å². The first-order valence-electron chi connectivity index (χ1n) is 9.73. The maximum absolute atomic E-state index is 6.58. The SMILES string of the molecule is CCCCC(C/C(=C/B1N(C)CCN1C)[Si](C)(C)C)O[Si](C)(C)C. The first kappa shape index (κ1) is 22.2. The highest BCUT2D eigenvalue weighted by molar-refractivity contribution is 6.84. The normalized spacial score (nSPS) is 20.0. The molecule has 1 atom stereocenters. The number of hydrogen-bond donors (Lipinski definition) is 0. The molecule has 0 aromatic carbocycles. The van der Waals surface area contributed by atoms with Gasteiger partial charge in [0.05, 0.1) is 8.07 Å². The molecule has 0 aliphatic carbocycles. The number of likely N-dealkylation sites (N-methyl/N-ethyl adjacent to an activating group) is 2. The van der Waals surface area contributed by atoms with Crippen LogP contribution in [0.4, 0.5) is 0 Å². The minimum absolute atomic E-state index is 0.409. The summed E-state index contributed by atoms with van der Waals surface area (Å²) in [7, 11) is 1.65. The van der Waals surface area contributed by atoms with E-state index >= 15 is 0 Å². The number of rotatable bonds is 9. The van der Waals surface area contributed by atoms with Gasteiger partial charge >= 0.3 is 6.98 Å². The summed E-state index contributed by atoms with van der Waals surface area (Å²) in [5.74, 6) is 2.58. The zero-order valence-electron chi connectivity index (χ0n) is 17.8. The maximum Gasteiger partial charge on any atom is 0.337 e. The molecule has 1 aliphatic rings. The summed E-state index contributed by atoms with van der Waals surface area (Å²) in [4.78, 5) is 4.95. The molecule has 0 N–H and O–H groups in total. The third-order valence-electron chi connectivity index (χ3n) is 4.87. The zero-order valence-corrected chi connectivity index (χ0v) is 19.8. The van der Waals surface area contributed by atoms with E-state index in [2.05, 4.69) is 75.9 Å². The summed E-state index contributed by atoms with van der Waals surface area (Å²) in [5.41, 5.74) is 0. The Morgan fingerprint density at radius 3 is 2.04 bits per heavy atom. The van der Waals surface area contributed by atoms with Crippen LogP contribution in [0.3, 0.4) is 0 Å². The van der Waals surface area contributed by atoms with Crippen molar-refractivity contribution in [3.05, 3.63) is 11.2 Å². The largest absolute Gasteiger partial charge is 0.414 e. The lowest BCUT2D eigenvalue weighted by Crippen LogP contribution is -2.41. The van der Waals surface area contributed by atoms with Crippen molar-refractivity contribution >= 4 is 23.4 Å². The highest BCUT2D eigenvalue weighted by Crippen LogP contribution is 2.27. The fourth-order valence-electron chi connectivity index (χ4n) is 3.35. The first-order chi connectivity index (χ1) is 10.9. The Morgan fingerprint density at radius 1 is 1.08 bits per heavy atom. The fraction of sp³-hybridized carbons (Fsp3) is 0.889. The zero-order chi connectivity index (χ0) is 18.5. The highest BCUT2D eigenvalue weighted by Gasteiger charge is 2.33. The van der Waals surface area contributed by atoms with Crippen LogP contribution in [0.2, 0.25) is 39.3 Å². The van der Waals surface area contributed by atoms with Gasteiger partial charge in [-0.2, -0.15) is 0 Å². The van der Waals surface area contributed by atoms with Gasteiger partial charge in [-0.15, -0.1) is 0 Å². The van der Waals surface area contributed by atoms with Crippen LogP contribution < -0.4 is 0 Å². The van der Waals surface area contributed by atoms with Gasteiger partial charge in [0.2, 0.25) is 0 Å². The molecular formula is C18H41BN2OSi2. The van der Waals surface area contributed by atoms with Gasteiger partial charge in [-0.3, -0.25) is 0 Å². The lowest BCUT2D eigenvalue weighted by atomic mass is 9.74. The predicted molar refractivity (Wildman–Crippen MR) is 115 cm³/mol. The standard InChI is InChI=1S/C18H41BN2OSi2/c1-10-11-12-17(22-24(7,8)9)15-18(23(4,5)6)16-19-20(2)13-14-21(19)3/h16-17H,10-15H2,1-9H3/b18-16-. The fourth-order valence-corrected chi connectivity index (χ4v) is 6.05. The van der Waals surface area contributed by atoms with Crippen molar-refractivity contribution < 1.29 is 4.43 Å². The van der Waals surface area contributed by atoms with E-state index in [9.17, 15) is 0 Å². The Balaban J connectivity index is 2.97. The molecule has 6 heteroatoms. The topological polar surface area (TPSA) is 15.7 Å². The van der Waals surface area contributed by atoms with Crippen molar-refractivity contribution in [2.75, 3.05) is 27.2 Å². The molecule has 0 spiro atoms. The van der Waals surface area contributed by atoms with Gasteiger partial charge in [-0.05, 0) is 46.6 Å². The van der Waals surface area contributed by atoms with E-state index in [4.69, 9.17) is 4.43 Å². The van der Waals surface area contributed by atoms with Gasteiger partial charge in [0, 0.05) is 19.2 Å². The summed E-state index contributed by atoms with van der Waals surface area (Å²) in [6, 6.07) is 0. The minimum Gasteiger partial charge on any atom is -0.414 e. The maximum atomic E-state index is 6.58. The molecule has 0 bridgehead atoms. The molecule has 1 rings (SSSR count). The Hall–Kier alpha value is 0.119. The molecule has 1 unspecified atom stereocenters. The van der Waals surface area contributed by atoms with E-state index < -0.39 is 16.4 Å². The van der Waals surface area contributed by atoms with Crippen molar-refractivity contribution in [3.8, 4) is 0 Å². The second-order valence-electron chi connectivity index (χ2n) is 9.52. The second kappa shape index (κ2) is 9.17. The van der Waals surface area contributed by atoms with Crippen molar-refractivity contribution in [1.82, 2.24) is 9.62 Å². The Bertz CT molecular complexity index is 408. The summed E-state index contributed by atoms with van der Waals surface area (Å²) in [6.07, 6.45) is 5.28. The predicted octanol–water partition coefficient (Wildman–Crippen LogP) is 4.50. The molecule has 3 nitrogen and oxygen atoms in total. The van der Waals surface area contributed by atoms with Gasteiger partial charge in [-0.1, -0.05) is 50.6 Å². The molecule has 0 aromatic rings. The van der Waals surface area contributed by atoms with Crippen LogP contribution in [0.1, 0.15) is 32.6 Å². The Labute approximate surface area is 154 Å². The van der Waals surface area contributed by atoms with Crippen LogP contribution in [0.25, 0.3) is 0 Å². The average Bonchev–Trinajstić information content (AvgIpc) is 2.72. The van der Waals surface area contributed by atoms with Gasteiger partial charge in [-0.25, -0.2) is 0 Å². The highest BCUT2D eigenvalue weighted by atomic mass is 28.4. The summed E-state index contributed by atoms with van der Waals surface area (Å²) >= 11 is 0. The first-order valence-corrected chi connectivity index (χ1v) is 16.6. The molecule has 0 aromatic heterocycles. The third-order valence-corrected chi connectivity index (χ3v) is 8.21. The van der Waals surface area contributed by atoms with E-state index in [1.54, 1.807) is 5.20 Å². The van der Waals surface area contributed by atoms with Gasteiger partial charge in [0.1, 0.15) is 0 Å². The molecule has 140 valence electrons. The monoisotopic (exact) mass is 368 g/mol. The summed E-state index contributed by atoms with van der Waals surface area (Å²) in [6.45, 7) is 19.5. The van der Waals surface area contributed by atoms with E-state index in [0.717, 1.165) is 6.42 Å². The van der Waals surface area contributed by atoms with Crippen LogP contribution in [0.5, 0.6) is 0 Å². The molecule has 1 aliphatic heterocycles. The number of hydrogen-bond acceptors (Lipinski definition) is 3. The van der Waals surface area contributed by atoms with Crippen molar-refractivity contribution in [3.63, 3.8) is 0 Å². The number of unbranched alkanes of at least 4 members (excludes halogenated alkanes) is 1. The molecule has 1 heterocycles. The van der Waals surface area contributed by atoms with Gasteiger partial charge in [0.15, 0.2) is 8.32 Å². The van der Waals surface area contributed by atoms with Crippen LogP contribution in [-0.4, -0.2) is 66.3 Å². The van der Waals surface area contributed by atoms with Crippen LogP contribution in [0, 0.1) is 0 Å². The Morgan fingerprint density at radius 2 is 1.62 bits per heavy atom. The lowest BCUT2D eigenvalue weighted by molar-refractivity contribution is 0.182.